The van der Waals surface area contributed by atoms with E-state index in [1.807, 2.05) is 49.4 Å². The first-order chi connectivity index (χ1) is 13.1. The minimum atomic E-state index is -0.140. The van der Waals surface area contributed by atoms with E-state index in [1.165, 1.54) is 5.56 Å². The van der Waals surface area contributed by atoms with Crippen LogP contribution in [0.25, 0.3) is 0 Å². The zero-order valence-corrected chi connectivity index (χ0v) is 15.9. The third-order valence-electron chi connectivity index (χ3n) is 4.32. The molecule has 1 aromatic heterocycles. The van der Waals surface area contributed by atoms with Gasteiger partial charge in [0.2, 0.25) is 0 Å². The summed E-state index contributed by atoms with van der Waals surface area (Å²) in [4.78, 5) is 23.5. The highest BCUT2D eigenvalue weighted by Gasteiger charge is 2.18. The van der Waals surface area contributed by atoms with E-state index in [-0.39, 0.29) is 5.91 Å². The van der Waals surface area contributed by atoms with Crippen LogP contribution < -0.4 is 10.2 Å². The molecule has 1 amide bonds. The first-order valence-electron chi connectivity index (χ1n) is 9.19. The molecule has 0 aliphatic rings. The summed E-state index contributed by atoms with van der Waals surface area (Å²) in [5.74, 6) is 1.02. The summed E-state index contributed by atoms with van der Waals surface area (Å²) in [7, 11) is 0. The van der Waals surface area contributed by atoms with Crippen molar-refractivity contribution in [3.05, 3.63) is 77.7 Å². The van der Waals surface area contributed by atoms with Gasteiger partial charge >= 0.3 is 0 Å². The first-order valence-corrected chi connectivity index (χ1v) is 9.19. The van der Waals surface area contributed by atoms with Crippen LogP contribution in [0.5, 0.6) is 0 Å². The summed E-state index contributed by atoms with van der Waals surface area (Å²) in [6, 6.07) is 19.5. The minimum Gasteiger partial charge on any atom is -0.340 e. The first kappa shape index (κ1) is 18.6. The molecule has 0 radical (unpaired) electrons. The lowest BCUT2D eigenvalue weighted by Gasteiger charge is -2.21. The molecule has 5 nitrogen and oxygen atoms in total. The lowest BCUT2D eigenvalue weighted by atomic mass is 10.1. The predicted molar refractivity (Wildman–Crippen MR) is 110 cm³/mol. The number of aromatic nitrogens is 2. The standard InChI is InChI=1S/C22H24N4O/c1-4-17-11-13-18(14-12-17)25-21-15-20(23-16(3)24-21)22(27)26(5-2)19-9-7-6-8-10-19/h6-15H,4-5H2,1-3H3,(H,23,24,25). The van der Waals surface area contributed by atoms with Crippen LogP contribution in [0.15, 0.2) is 60.7 Å². The Morgan fingerprint density at radius 2 is 1.70 bits per heavy atom. The van der Waals surface area contributed by atoms with Gasteiger partial charge < -0.3 is 10.2 Å². The van der Waals surface area contributed by atoms with E-state index in [1.54, 1.807) is 17.9 Å². The van der Waals surface area contributed by atoms with Gasteiger partial charge in [0, 0.05) is 24.0 Å². The molecular weight excluding hydrogens is 336 g/mol. The second-order valence-corrected chi connectivity index (χ2v) is 6.25. The van der Waals surface area contributed by atoms with Gasteiger partial charge in [0.25, 0.3) is 5.91 Å². The van der Waals surface area contributed by atoms with Crippen LogP contribution in [-0.4, -0.2) is 22.4 Å². The Bertz CT molecular complexity index is 907. The molecule has 0 bridgehead atoms. The Morgan fingerprint density at radius 3 is 2.33 bits per heavy atom. The molecule has 5 heteroatoms. The van der Waals surface area contributed by atoms with Crippen molar-refractivity contribution in [1.29, 1.82) is 0 Å². The van der Waals surface area contributed by atoms with Gasteiger partial charge in [0.1, 0.15) is 17.3 Å². The van der Waals surface area contributed by atoms with Crippen molar-refractivity contribution in [3.8, 4) is 0 Å². The summed E-state index contributed by atoms with van der Waals surface area (Å²) in [5, 5.41) is 3.27. The fraction of sp³-hybridized carbons (Fsp3) is 0.227. The van der Waals surface area contributed by atoms with Crippen LogP contribution >= 0.6 is 0 Å². The largest absolute Gasteiger partial charge is 0.340 e. The molecule has 0 aliphatic carbocycles. The highest BCUT2D eigenvalue weighted by molar-refractivity contribution is 6.05. The summed E-state index contributed by atoms with van der Waals surface area (Å²) in [6.45, 7) is 6.43. The number of hydrogen-bond donors (Lipinski definition) is 1. The average Bonchev–Trinajstić information content (AvgIpc) is 2.69. The number of aryl methyl sites for hydroxylation is 2. The van der Waals surface area contributed by atoms with Crippen LogP contribution in [0.1, 0.15) is 35.7 Å². The molecule has 3 aromatic rings. The molecule has 0 spiro atoms. The van der Waals surface area contributed by atoms with Crippen molar-refractivity contribution in [2.24, 2.45) is 0 Å². The number of anilines is 3. The van der Waals surface area contributed by atoms with Crippen molar-refractivity contribution in [3.63, 3.8) is 0 Å². The van der Waals surface area contributed by atoms with E-state index in [2.05, 4.69) is 34.3 Å². The Hall–Kier alpha value is -3.21. The topological polar surface area (TPSA) is 58.1 Å². The Kier molecular flexibility index (Phi) is 5.81. The molecular formula is C22H24N4O. The van der Waals surface area contributed by atoms with Gasteiger partial charge in [0.05, 0.1) is 0 Å². The van der Waals surface area contributed by atoms with Crippen molar-refractivity contribution >= 4 is 23.1 Å². The van der Waals surface area contributed by atoms with Crippen LogP contribution in [-0.2, 0) is 6.42 Å². The van der Waals surface area contributed by atoms with E-state index < -0.39 is 0 Å². The zero-order valence-electron chi connectivity index (χ0n) is 15.9. The molecule has 1 N–H and O–H groups in total. The Morgan fingerprint density at radius 1 is 1.00 bits per heavy atom. The minimum absolute atomic E-state index is 0.140. The quantitative estimate of drug-likeness (QED) is 0.689. The van der Waals surface area contributed by atoms with Crippen molar-refractivity contribution < 1.29 is 4.79 Å². The fourth-order valence-electron chi connectivity index (χ4n) is 2.90. The van der Waals surface area contributed by atoms with Gasteiger partial charge in [-0.1, -0.05) is 37.3 Å². The van der Waals surface area contributed by atoms with Crippen LogP contribution in [0.4, 0.5) is 17.2 Å². The summed E-state index contributed by atoms with van der Waals surface area (Å²) in [6.07, 6.45) is 0.998. The van der Waals surface area contributed by atoms with Gasteiger partial charge in [-0.3, -0.25) is 4.79 Å². The second-order valence-electron chi connectivity index (χ2n) is 6.25. The van der Waals surface area contributed by atoms with Crippen LogP contribution in [0.2, 0.25) is 0 Å². The van der Waals surface area contributed by atoms with Crippen molar-refractivity contribution in [1.82, 2.24) is 9.97 Å². The van der Waals surface area contributed by atoms with Gasteiger partial charge in [-0.25, -0.2) is 9.97 Å². The normalized spacial score (nSPS) is 10.5. The van der Waals surface area contributed by atoms with Crippen molar-refractivity contribution in [2.75, 3.05) is 16.8 Å². The molecule has 27 heavy (non-hydrogen) atoms. The van der Waals surface area contributed by atoms with Crippen LogP contribution in [0, 0.1) is 6.92 Å². The van der Waals surface area contributed by atoms with E-state index in [4.69, 9.17) is 0 Å². The van der Waals surface area contributed by atoms with Crippen LogP contribution in [0.3, 0.4) is 0 Å². The maximum absolute atomic E-state index is 13.0. The average molecular weight is 360 g/mol. The number of carbonyl (C=O) groups excluding carboxylic acids is 1. The predicted octanol–water partition coefficient (Wildman–Crippen LogP) is 4.76. The number of rotatable bonds is 6. The molecule has 0 unspecified atom stereocenters. The molecule has 0 aliphatic heterocycles. The molecule has 138 valence electrons. The van der Waals surface area contributed by atoms with E-state index in [0.29, 0.717) is 23.9 Å². The Labute approximate surface area is 160 Å². The SMILES string of the molecule is CCc1ccc(Nc2cc(C(=O)N(CC)c3ccccc3)nc(C)n2)cc1. The maximum atomic E-state index is 13.0. The number of nitrogens with one attached hydrogen (secondary N) is 1. The third-order valence-corrected chi connectivity index (χ3v) is 4.32. The molecule has 0 saturated heterocycles. The lowest BCUT2D eigenvalue weighted by molar-refractivity contribution is 0.0983. The second kappa shape index (κ2) is 8.45. The molecule has 0 fully saturated rings. The van der Waals surface area contributed by atoms with Gasteiger partial charge in [-0.2, -0.15) is 0 Å². The van der Waals surface area contributed by atoms with Gasteiger partial charge in [-0.05, 0) is 50.1 Å². The molecule has 3 rings (SSSR count). The number of hydrogen-bond acceptors (Lipinski definition) is 4. The third kappa shape index (κ3) is 4.50. The van der Waals surface area contributed by atoms with E-state index in [9.17, 15) is 4.79 Å². The number of nitrogens with zero attached hydrogens (tertiary/aromatic N) is 3. The lowest BCUT2D eigenvalue weighted by Crippen LogP contribution is -2.31. The molecule has 0 saturated carbocycles. The molecule has 0 atom stereocenters. The number of carbonyl (C=O) groups is 1. The van der Waals surface area contributed by atoms with Crippen molar-refractivity contribution in [2.45, 2.75) is 27.2 Å². The summed E-state index contributed by atoms with van der Waals surface area (Å²) < 4.78 is 0. The Balaban J connectivity index is 1.86. The maximum Gasteiger partial charge on any atom is 0.277 e. The number of benzene rings is 2. The molecule has 2 aromatic carbocycles. The number of amides is 1. The van der Waals surface area contributed by atoms with Gasteiger partial charge in [0.15, 0.2) is 0 Å². The number of para-hydroxylation sites is 1. The highest BCUT2D eigenvalue weighted by atomic mass is 16.2. The fourth-order valence-corrected chi connectivity index (χ4v) is 2.90. The highest BCUT2D eigenvalue weighted by Crippen LogP contribution is 2.20. The monoisotopic (exact) mass is 360 g/mol. The zero-order chi connectivity index (χ0) is 19.2. The summed E-state index contributed by atoms with van der Waals surface area (Å²) in [5.41, 5.74) is 3.43. The summed E-state index contributed by atoms with van der Waals surface area (Å²) >= 11 is 0. The van der Waals surface area contributed by atoms with E-state index >= 15 is 0 Å². The smallest absolute Gasteiger partial charge is 0.277 e. The van der Waals surface area contributed by atoms with E-state index in [0.717, 1.165) is 17.8 Å². The van der Waals surface area contributed by atoms with Gasteiger partial charge in [-0.15, -0.1) is 0 Å². The molecule has 1 heterocycles.